The van der Waals surface area contributed by atoms with Gasteiger partial charge in [-0.25, -0.2) is 9.78 Å². The van der Waals surface area contributed by atoms with Crippen LogP contribution in [0.5, 0.6) is 11.5 Å². The van der Waals surface area contributed by atoms with E-state index in [1.807, 2.05) is 73.7 Å². The van der Waals surface area contributed by atoms with Crippen LogP contribution < -0.4 is 10.1 Å². The zero-order chi connectivity index (χ0) is 20.1. The standard InChI is InChI=1S/C23H23N3O3/c1-2-26-19(16-28-23(26)27)15-17-6-10-20(11-7-17)29-21-12-8-18(9-13-21)25-22-5-3-4-14-24-22/h3-14,19H,2,15-16H2,1H3,(H,24,25)/t19-/m0/s1. The number of rotatable bonds is 7. The van der Waals surface area contributed by atoms with Gasteiger partial charge >= 0.3 is 6.09 Å². The minimum atomic E-state index is -0.224. The number of hydrogen-bond donors (Lipinski definition) is 1. The van der Waals surface area contributed by atoms with E-state index in [2.05, 4.69) is 10.3 Å². The van der Waals surface area contributed by atoms with Crippen LogP contribution in [-0.2, 0) is 11.2 Å². The first-order valence-electron chi connectivity index (χ1n) is 9.69. The number of carbonyl (C=O) groups excluding carboxylic acids is 1. The summed E-state index contributed by atoms with van der Waals surface area (Å²) in [6.07, 6.45) is 2.30. The van der Waals surface area contributed by atoms with E-state index in [4.69, 9.17) is 9.47 Å². The second-order valence-corrected chi connectivity index (χ2v) is 6.83. The Kier molecular flexibility index (Phi) is 5.61. The van der Waals surface area contributed by atoms with Gasteiger partial charge in [0.05, 0.1) is 6.04 Å². The highest BCUT2D eigenvalue weighted by Crippen LogP contribution is 2.25. The van der Waals surface area contributed by atoms with E-state index in [0.29, 0.717) is 13.2 Å². The van der Waals surface area contributed by atoms with Crippen molar-refractivity contribution < 1.29 is 14.3 Å². The fraction of sp³-hybridized carbons (Fsp3) is 0.217. The molecule has 1 aliphatic heterocycles. The second-order valence-electron chi connectivity index (χ2n) is 6.83. The van der Waals surface area contributed by atoms with Crippen LogP contribution in [0.15, 0.2) is 72.9 Å². The van der Waals surface area contributed by atoms with Crippen LogP contribution in [0.4, 0.5) is 16.3 Å². The molecular formula is C23H23N3O3. The Hall–Kier alpha value is -3.54. The summed E-state index contributed by atoms with van der Waals surface area (Å²) in [7, 11) is 0. The molecular weight excluding hydrogens is 366 g/mol. The summed E-state index contributed by atoms with van der Waals surface area (Å²) >= 11 is 0. The minimum absolute atomic E-state index is 0.0958. The van der Waals surface area contributed by atoms with E-state index < -0.39 is 0 Å². The Balaban J connectivity index is 1.34. The number of nitrogens with zero attached hydrogens (tertiary/aromatic N) is 2. The van der Waals surface area contributed by atoms with Gasteiger partial charge in [-0.2, -0.15) is 0 Å². The summed E-state index contributed by atoms with van der Waals surface area (Å²) in [5.74, 6) is 2.33. The van der Waals surface area contributed by atoms with Crippen molar-refractivity contribution >= 4 is 17.6 Å². The highest BCUT2D eigenvalue weighted by Gasteiger charge is 2.31. The van der Waals surface area contributed by atoms with Gasteiger partial charge in [0.15, 0.2) is 0 Å². The first-order chi connectivity index (χ1) is 14.2. The van der Waals surface area contributed by atoms with Gasteiger partial charge in [-0.05, 0) is 67.4 Å². The van der Waals surface area contributed by atoms with E-state index in [1.165, 1.54) is 0 Å². The summed E-state index contributed by atoms with van der Waals surface area (Å²) in [6.45, 7) is 3.08. The number of nitrogens with one attached hydrogen (secondary N) is 1. The lowest BCUT2D eigenvalue weighted by Gasteiger charge is -2.19. The Morgan fingerprint density at radius 1 is 1.07 bits per heavy atom. The number of cyclic esters (lactones) is 1. The lowest BCUT2D eigenvalue weighted by molar-refractivity contribution is 0.159. The third kappa shape index (κ3) is 4.66. The van der Waals surface area contributed by atoms with Crippen molar-refractivity contribution in [3.05, 3.63) is 78.5 Å². The number of aromatic nitrogens is 1. The first kappa shape index (κ1) is 18.8. The van der Waals surface area contributed by atoms with Crippen molar-refractivity contribution in [2.75, 3.05) is 18.5 Å². The monoisotopic (exact) mass is 389 g/mol. The Morgan fingerprint density at radius 2 is 1.79 bits per heavy atom. The molecule has 1 amide bonds. The van der Waals surface area contributed by atoms with Gasteiger partial charge < -0.3 is 19.7 Å². The highest BCUT2D eigenvalue weighted by atomic mass is 16.6. The summed E-state index contributed by atoms with van der Waals surface area (Å²) in [5.41, 5.74) is 2.09. The fourth-order valence-electron chi connectivity index (χ4n) is 3.34. The van der Waals surface area contributed by atoms with Gasteiger partial charge in [0, 0.05) is 18.4 Å². The van der Waals surface area contributed by atoms with Gasteiger partial charge in [0.25, 0.3) is 0 Å². The van der Waals surface area contributed by atoms with E-state index in [0.717, 1.165) is 35.0 Å². The maximum Gasteiger partial charge on any atom is 0.410 e. The number of anilines is 2. The summed E-state index contributed by atoms with van der Waals surface area (Å²) in [6, 6.07) is 21.5. The molecule has 0 spiro atoms. The van der Waals surface area contributed by atoms with E-state index in [9.17, 15) is 4.79 Å². The fourth-order valence-corrected chi connectivity index (χ4v) is 3.34. The molecule has 0 radical (unpaired) electrons. The van der Waals surface area contributed by atoms with Crippen LogP contribution in [0.1, 0.15) is 12.5 Å². The Bertz CT molecular complexity index is 943. The van der Waals surface area contributed by atoms with Crippen molar-refractivity contribution in [1.29, 1.82) is 0 Å². The molecule has 4 rings (SSSR count). The number of amides is 1. The van der Waals surface area contributed by atoms with Gasteiger partial charge in [0.2, 0.25) is 0 Å². The molecule has 148 valence electrons. The van der Waals surface area contributed by atoms with E-state index in [-0.39, 0.29) is 12.1 Å². The largest absolute Gasteiger partial charge is 0.457 e. The third-order valence-electron chi connectivity index (χ3n) is 4.84. The number of ether oxygens (including phenoxy) is 2. The predicted molar refractivity (Wildman–Crippen MR) is 112 cm³/mol. The lowest BCUT2D eigenvalue weighted by atomic mass is 10.1. The molecule has 3 aromatic rings. The van der Waals surface area contributed by atoms with Crippen LogP contribution >= 0.6 is 0 Å². The molecule has 1 saturated heterocycles. The number of benzene rings is 2. The first-order valence-corrected chi connectivity index (χ1v) is 9.69. The van der Waals surface area contributed by atoms with Crippen molar-refractivity contribution in [1.82, 2.24) is 9.88 Å². The zero-order valence-electron chi connectivity index (χ0n) is 16.2. The molecule has 0 bridgehead atoms. The zero-order valence-corrected chi connectivity index (χ0v) is 16.2. The molecule has 1 N–H and O–H groups in total. The van der Waals surface area contributed by atoms with Gasteiger partial charge in [0.1, 0.15) is 23.9 Å². The number of pyridine rings is 1. The van der Waals surface area contributed by atoms with E-state index >= 15 is 0 Å². The molecule has 29 heavy (non-hydrogen) atoms. The smallest absolute Gasteiger partial charge is 0.410 e. The van der Waals surface area contributed by atoms with Crippen molar-refractivity contribution in [3.63, 3.8) is 0 Å². The topological polar surface area (TPSA) is 63.7 Å². The third-order valence-corrected chi connectivity index (χ3v) is 4.84. The molecule has 1 atom stereocenters. The van der Waals surface area contributed by atoms with Crippen molar-refractivity contribution in [2.45, 2.75) is 19.4 Å². The van der Waals surface area contributed by atoms with Crippen molar-refractivity contribution in [2.24, 2.45) is 0 Å². The molecule has 0 unspecified atom stereocenters. The molecule has 6 nitrogen and oxygen atoms in total. The van der Waals surface area contributed by atoms with Gasteiger partial charge in [-0.15, -0.1) is 0 Å². The molecule has 2 aromatic carbocycles. The highest BCUT2D eigenvalue weighted by molar-refractivity contribution is 5.70. The molecule has 0 aliphatic carbocycles. The molecule has 1 aliphatic rings. The van der Waals surface area contributed by atoms with Gasteiger partial charge in [-0.1, -0.05) is 18.2 Å². The average molecular weight is 389 g/mol. The van der Waals surface area contributed by atoms with Gasteiger partial charge in [-0.3, -0.25) is 0 Å². The minimum Gasteiger partial charge on any atom is -0.457 e. The molecule has 1 aromatic heterocycles. The number of likely N-dealkylation sites (N-methyl/N-ethyl adjacent to an activating group) is 1. The van der Waals surface area contributed by atoms with E-state index in [1.54, 1.807) is 11.1 Å². The predicted octanol–water partition coefficient (Wildman–Crippen LogP) is 5.00. The Morgan fingerprint density at radius 3 is 2.45 bits per heavy atom. The average Bonchev–Trinajstić information content (AvgIpc) is 3.11. The van der Waals surface area contributed by atoms with Crippen molar-refractivity contribution in [3.8, 4) is 11.5 Å². The Labute approximate surface area is 170 Å². The van der Waals surface area contributed by atoms with Crippen LogP contribution in [0.2, 0.25) is 0 Å². The molecule has 2 heterocycles. The number of carbonyl (C=O) groups is 1. The van der Waals surface area contributed by atoms with Crippen LogP contribution in [-0.4, -0.2) is 35.2 Å². The maximum absolute atomic E-state index is 11.7. The number of hydrogen-bond acceptors (Lipinski definition) is 5. The molecule has 0 saturated carbocycles. The van der Waals surface area contributed by atoms with Crippen LogP contribution in [0.25, 0.3) is 0 Å². The van der Waals surface area contributed by atoms with Crippen LogP contribution in [0, 0.1) is 0 Å². The second kappa shape index (κ2) is 8.65. The normalized spacial score (nSPS) is 15.8. The summed E-state index contributed by atoms with van der Waals surface area (Å²) < 4.78 is 11.1. The maximum atomic E-state index is 11.7. The molecule has 1 fully saturated rings. The molecule has 6 heteroatoms. The van der Waals surface area contributed by atoms with Crippen LogP contribution in [0.3, 0.4) is 0 Å². The quantitative estimate of drug-likeness (QED) is 0.616. The summed E-state index contributed by atoms with van der Waals surface area (Å²) in [5, 5.41) is 3.24. The summed E-state index contributed by atoms with van der Waals surface area (Å²) in [4.78, 5) is 17.7. The SMILES string of the molecule is CCN1C(=O)OC[C@@H]1Cc1ccc(Oc2ccc(Nc3ccccn3)cc2)cc1. The lowest BCUT2D eigenvalue weighted by Crippen LogP contribution is -2.34.